The zero-order valence-electron chi connectivity index (χ0n) is 6.94. The van der Waals surface area contributed by atoms with E-state index in [1.165, 1.54) is 6.92 Å². The van der Waals surface area contributed by atoms with Crippen LogP contribution in [0.4, 0.5) is 0 Å². The highest BCUT2D eigenvalue weighted by atomic mass is 79.9. The minimum Gasteiger partial charge on any atom is -0.460 e. The van der Waals surface area contributed by atoms with E-state index in [4.69, 9.17) is 4.74 Å². The van der Waals surface area contributed by atoms with Crippen molar-refractivity contribution in [3.63, 3.8) is 0 Å². The van der Waals surface area contributed by atoms with Crippen LogP contribution in [0.2, 0.25) is 0 Å². The molecule has 0 saturated carbocycles. The van der Waals surface area contributed by atoms with E-state index in [1.54, 1.807) is 0 Å². The second-order valence-corrected chi connectivity index (χ2v) is 5.68. The fraction of sp³-hybridized carbons (Fsp3) is 0.857. The van der Waals surface area contributed by atoms with Gasteiger partial charge in [-0.15, -0.1) is 0 Å². The quantitative estimate of drug-likeness (QED) is 0.565. The average Bonchev–Trinajstić information content (AvgIpc) is 1.99. The van der Waals surface area contributed by atoms with Crippen molar-refractivity contribution in [2.24, 2.45) is 0 Å². The molecule has 0 amide bonds. The van der Waals surface area contributed by atoms with E-state index in [0.29, 0.717) is 5.33 Å². The third-order valence-corrected chi connectivity index (χ3v) is 4.68. The molecule has 0 aromatic heterocycles. The van der Waals surface area contributed by atoms with E-state index >= 15 is 0 Å². The zero-order chi connectivity index (χ0) is 9.78. The molecule has 2 unspecified atom stereocenters. The van der Waals surface area contributed by atoms with Gasteiger partial charge in [-0.05, 0) is 6.92 Å². The van der Waals surface area contributed by atoms with Crippen molar-refractivity contribution in [1.82, 2.24) is 0 Å². The van der Waals surface area contributed by atoms with Crippen molar-refractivity contribution >= 4 is 53.8 Å². The topological polar surface area (TPSA) is 26.3 Å². The summed E-state index contributed by atoms with van der Waals surface area (Å²) < 4.78 is 4.87. The van der Waals surface area contributed by atoms with Crippen LogP contribution in [-0.4, -0.2) is 27.1 Å². The van der Waals surface area contributed by atoms with Gasteiger partial charge in [0.2, 0.25) is 0 Å². The highest BCUT2D eigenvalue weighted by molar-refractivity contribution is 9.12. The third-order valence-electron chi connectivity index (χ3n) is 1.38. The van der Waals surface area contributed by atoms with Crippen LogP contribution in [0.25, 0.3) is 0 Å². The standard InChI is InChI=1S/C7H11Br3O2/c1-5(11)12-6(3-8)7(2,10)4-9/h6H,3-4H2,1-2H3. The predicted octanol–water partition coefficient (Wildman–Crippen LogP) is 2.86. The summed E-state index contributed by atoms with van der Waals surface area (Å²) in [5, 5.41) is 1.35. The van der Waals surface area contributed by atoms with Crippen LogP contribution < -0.4 is 0 Å². The molecule has 0 bridgehead atoms. The summed E-state index contributed by atoms with van der Waals surface area (Å²) in [6.45, 7) is 3.38. The van der Waals surface area contributed by atoms with Crippen LogP contribution in [0.15, 0.2) is 0 Å². The van der Waals surface area contributed by atoms with E-state index in [1.807, 2.05) is 6.92 Å². The van der Waals surface area contributed by atoms with Crippen molar-refractivity contribution in [1.29, 1.82) is 0 Å². The molecule has 5 heteroatoms. The van der Waals surface area contributed by atoms with Crippen LogP contribution >= 0.6 is 47.8 Å². The lowest BCUT2D eigenvalue weighted by Crippen LogP contribution is -2.39. The van der Waals surface area contributed by atoms with E-state index in [9.17, 15) is 4.79 Å². The molecule has 0 aliphatic rings. The first-order valence-electron chi connectivity index (χ1n) is 3.42. The second kappa shape index (κ2) is 5.60. The minimum atomic E-state index is -0.258. The van der Waals surface area contributed by atoms with Gasteiger partial charge in [0, 0.05) is 17.6 Å². The molecule has 0 spiro atoms. The molecule has 72 valence electrons. The average molecular weight is 367 g/mol. The van der Waals surface area contributed by atoms with Gasteiger partial charge in [0.25, 0.3) is 0 Å². The van der Waals surface area contributed by atoms with Crippen LogP contribution in [0.1, 0.15) is 13.8 Å². The summed E-state index contributed by atoms with van der Waals surface area (Å²) in [6, 6.07) is 0. The molecule has 0 aliphatic heterocycles. The minimum absolute atomic E-state index is 0.158. The first-order chi connectivity index (χ1) is 5.44. The Kier molecular flexibility index (Phi) is 6.03. The van der Waals surface area contributed by atoms with Gasteiger partial charge in [-0.3, -0.25) is 4.79 Å². The Morgan fingerprint density at radius 3 is 2.33 bits per heavy atom. The Morgan fingerprint density at radius 1 is 1.58 bits per heavy atom. The van der Waals surface area contributed by atoms with Gasteiger partial charge in [0.15, 0.2) is 0 Å². The Bertz CT molecular complexity index is 159. The van der Waals surface area contributed by atoms with Crippen molar-refractivity contribution in [3.8, 4) is 0 Å². The first kappa shape index (κ1) is 12.9. The summed E-state index contributed by atoms with van der Waals surface area (Å²) >= 11 is 10.1. The number of carbonyl (C=O) groups excluding carboxylic acids is 1. The number of halogens is 3. The summed E-state index contributed by atoms with van der Waals surface area (Å²) in [5.74, 6) is -0.258. The second-order valence-electron chi connectivity index (χ2n) is 2.66. The molecule has 0 aromatic rings. The molecular weight excluding hydrogens is 356 g/mol. The molecule has 0 N–H and O–H groups in total. The van der Waals surface area contributed by atoms with Gasteiger partial charge >= 0.3 is 5.97 Å². The lowest BCUT2D eigenvalue weighted by molar-refractivity contribution is -0.146. The molecule has 2 nitrogen and oxygen atoms in total. The molecule has 0 aliphatic carbocycles. The number of hydrogen-bond acceptors (Lipinski definition) is 2. The fourth-order valence-electron chi connectivity index (χ4n) is 0.602. The maximum Gasteiger partial charge on any atom is 0.302 e. The fourth-order valence-corrected chi connectivity index (χ4v) is 2.50. The van der Waals surface area contributed by atoms with Gasteiger partial charge in [-0.25, -0.2) is 0 Å². The largest absolute Gasteiger partial charge is 0.460 e. The van der Waals surface area contributed by atoms with Crippen molar-refractivity contribution < 1.29 is 9.53 Å². The number of ether oxygens (including phenoxy) is 1. The van der Waals surface area contributed by atoms with Crippen molar-refractivity contribution in [2.75, 3.05) is 10.7 Å². The molecule has 0 rings (SSSR count). The summed E-state index contributed by atoms with van der Waals surface area (Å²) in [5.41, 5.74) is 0. The number of alkyl halides is 3. The van der Waals surface area contributed by atoms with E-state index in [-0.39, 0.29) is 16.4 Å². The SMILES string of the molecule is CC(=O)OC(CBr)C(C)(Br)CBr. The predicted molar refractivity (Wildman–Crippen MR) is 60.5 cm³/mol. The van der Waals surface area contributed by atoms with Crippen molar-refractivity contribution in [3.05, 3.63) is 0 Å². The smallest absolute Gasteiger partial charge is 0.302 e. The Hall–Kier alpha value is 0.910. The number of carbonyl (C=O) groups is 1. The molecule has 2 atom stereocenters. The maximum absolute atomic E-state index is 10.7. The van der Waals surface area contributed by atoms with Crippen LogP contribution in [0, 0.1) is 0 Å². The van der Waals surface area contributed by atoms with Gasteiger partial charge < -0.3 is 4.74 Å². The normalized spacial score (nSPS) is 18.1. The summed E-state index contributed by atoms with van der Waals surface area (Å²) in [4.78, 5) is 10.7. The summed E-state index contributed by atoms with van der Waals surface area (Å²) in [6.07, 6.45) is -0.158. The van der Waals surface area contributed by atoms with Crippen LogP contribution in [0.5, 0.6) is 0 Å². The summed E-state index contributed by atoms with van der Waals surface area (Å²) in [7, 11) is 0. The van der Waals surface area contributed by atoms with E-state index in [2.05, 4.69) is 47.8 Å². The van der Waals surface area contributed by atoms with Gasteiger partial charge in [-0.1, -0.05) is 47.8 Å². The van der Waals surface area contributed by atoms with E-state index in [0.717, 1.165) is 5.33 Å². The number of rotatable bonds is 4. The monoisotopic (exact) mass is 364 g/mol. The van der Waals surface area contributed by atoms with Crippen LogP contribution in [0.3, 0.4) is 0 Å². The Balaban J connectivity index is 4.23. The van der Waals surface area contributed by atoms with Crippen LogP contribution in [-0.2, 0) is 9.53 Å². The molecule has 0 radical (unpaired) electrons. The molecule has 0 heterocycles. The zero-order valence-corrected chi connectivity index (χ0v) is 11.7. The Morgan fingerprint density at radius 2 is 2.08 bits per heavy atom. The van der Waals surface area contributed by atoms with Gasteiger partial charge in [-0.2, -0.15) is 0 Å². The molecule has 0 saturated heterocycles. The van der Waals surface area contributed by atoms with Gasteiger partial charge in [0.05, 0.1) is 4.32 Å². The first-order valence-corrected chi connectivity index (χ1v) is 6.45. The number of esters is 1. The van der Waals surface area contributed by atoms with E-state index < -0.39 is 0 Å². The molecule has 12 heavy (non-hydrogen) atoms. The third kappa shape index (κ3) is 4.23. The lowest BCUT2D eigenvalue weighted by Gasteiger charge is -2.28. The number of hydrogen-bond donors (Lipinski definition) is 0. The highest BCUT2D eigenvalue weighted by Gasteiger charge is 2.32. The molecule has 0 fully saturated rings. The van der Waals surface area contributed by atoms with Gasteiger partial charge in [0.1, 0.15) is 6.10 Å². The lowest BCUT2D eigenvalue weighted by atomic mass is 10.1. The van der Waals surface area contributed by atoms with Crippen molar-refractivity contribution in [2.45, 2.75) is 24.3 Å². The maximum atomic E-state index is 10.7. The molecule has 0 aromatic carbocycles. The highest BCUT2D eigenvalue weighted by Crippen LogP contribution is 2.28. The molecular formula is C7H11Br3O2. The Labute approximate surface area is 97.8 Å².